The molecule has 0 bridgehead atoms. The number of aliphatic hydroxyl groups is 1. The number of likely N-dealkylation sites (tertiary alicyclic amines) is 1. The maximum absolute atomic E-state index is 12.5. The molecule has 116 valence electrons. The third-order valence-corrected chi connectivity index (χ3v) is 4.64. The van der Waals surface area contributed by atoms with E-state index in [2.05, 4.69) is 6.92 Å². The van der Waals surface area contributed by atoms with E-state index >= 15 is 0 Å². The molecule has 1 N–H and O–H groups in total. The van der Waals surface area contributed by atoms with Gasteiger partial charge in [0.25, 0.3) is 0 Å². The first-order chi connectivity index (χ1) is 9.67. The number of carbonyl (C=O) groups excluding carboxylic acids is 1. The Kier molecular flexibility index (Phi) is 5.81. The molecule has 5 nitrogen and oxygen atoms in total. The van der Waals surface area contributed by atoms with Gasteiger partial charge in [0.05, 0.1) is 24.9 Å². The van der Waals surface area contributed by atoms with E-state index in [1.54, 1.807) is 7.11 Å². The minimum absolute atomic E-state index is 0.0248. The number of nitrogens with zero attached hydrogens (tertiary/aromatic N) is 1. The first-order valence-electron chi connectivity index (χ1n) is 7.72. The summed E-state index contributed by atoms with van der Waals surface area (Å²) in [6.45, 7) is 3.53. The maximum atomic E-state index is 12.5. The highest BCUT2D eigenvalue weighted by Gasteiger charge is 2.36. The molecule has 0 radical (unpaired) electrons. The summed E-state index contributed by atoms with van der Waals surface area (Å²) in [5, 5.41) is 9.42. The van der Waals surface area contributed by atoms with Gasteiger partial charge in [0, 0.05) is 26.7 Å². The Hall–Kier alpha value is -0.650. The predicted molar refractivity (Wildman–Crippen MR) is 75.4 cm³/mol. The van der Waals surface area contributed by atoms with Crippen LogP contribution in [0, 0.1) is 5.92 Å². The van der Waals surface area contributed by atoms with Crippen molar-refractivity contribution in [3.05, 3.63) is 0 Å². The molecule has 5 heteroatoms. The minimum Gasteiger partial charge on any atom is -0.394 e. The van der Waals surface area contributed by atoms with Crippen molar-refractivity contribution >= 4 is 5.91 Å². The predicted octanol–water partition coefficient (Wildman–Crippen LogP) is 1.19. The van der Waals surface area contributed by atoms with Crippen molar-refractivity contribution < 1.29 is 19.4 Å². The van der Waals surface area contributed by atoms with Gasteiger partial charge in [-0.05, 0) is 31.6 Å². The molecule has 2 heterocycles. The van der Waals surface area contributed by atoms with E-state index < -0.39 is 0 Å². The van der Waals surface area contributed by atoms with Crippen LogP contribution in [0.3, 0.4) is 0 Å². The highest BCUT2D eigenvalue weighted by Crippen LogP contribution is 2.28. The van der Waals surface area contributed by atoms with Gasteiger partial charge in [0.1, 0.15) is 0 Å². The number of hydrogen-bond acceptors (Lipinski definition) is 4. The second kappa shape index (κ2) is 7.38. The summed E-state index contributed by atoms with van der Waals surface area (Å²) in [5.74, 6) is 0.576. The fourth-order valence-electron chi connectivity index (χ4n) is 3.32. The van der Waals surface area contributed by atoms with Crippen molar-refractivity contribution in [3.63, 3.8) is 0 Å². The van der Waals surface area contributed by atoms with Crippen LogP contribution in [0.25, 0.3) is 0 Å². The first kappa shape index (κ1) is 15.7. The lowest BCUT2D eigenvalue weighted by Gasteiger charge is -2.31. The van der Waals surface area contributed by atoms with Crippen LogP contribution < -0.4 is 0 Å². The summed E-state index contributed by atoms with van der Waals surface area (Å²) in [6, 6.07) is -0.0748. The average molecular weight is 285 g/mol. The van der Waals surface area contributed by atoms with E-state index in [1.807, 2.05) is 4.90 Å². The Balaban J connectivity index is 1.87. The zero-order valence-corrected chi connectivity index (χ0v) is 12.6. The molecule has 0 aromatic rings. The fourth-order valence-corrected chi connectivity index (χ4v) is 3.32. The van der Waals surface area contributed by atoms with Crippen molar-refractivity contribution in [2.75, 3.05) is 26.9 Å². The lowest BCUT2D eigenvalue weighted by molar-refractivity contribution is -0.135. The highest BCUT2D eigenvalue weighted by atomic mass is 16.5. The van der Waals surface area contributed by atoms with Crippen LogP contribution in [0.4, 0.5) is 0 Å². The van der Waals surface area contributed by atoms with E-state index in [1.165, 1.54) is 0 Å². The fraction of sp³-hybridized carbons (Fsp3) is 0.933. The smallest absolute Gasteiger partial charge is 0.223 e. The number of amides is 1. The lowest BCUT2D eigenvalue weighted by atomic mass is 9.91. The van der Waals surface area contributed by atoms with Gasteiger partial charge in [-0.1, -0.05) is 6.92 Å². The van der Waals surface area contributed by atoms with E-state index in [9.17, 15) is 9.90 Å². The number of methoxy groups -OCH3 is 1. The van der Waals surface area contributed by atoms with Gasteiger partial charge >= 0.3 is 0 Å². The van der Waals surface area contributed by atoms with Crippen molar-refractivity contribution in [1.82, 2.24) is 4.90 Å². The summed E-state index contributed by atoms with van der Waals surface area (Å²) in [5.41, 5.74) is 0. The molecule has 0 aliphatic carbocycles. The zero-order valence-electron chi connectivity index (χ0n) is 12.6. The van der Waals surface area contributed by atoms with E-state index in [0.29, 0.717) is 25.0 Å². The van der Waals surface area contributed by atoms with Crippen molar-refractivity contribution in [2.24, 2.45) is 5.92 Å². The molecule has 0 spiro atoms. The lowest BCUT2D eigenvalue weighted by Crippen LogP contribution is -2.39. The molecule has 2 rings (SSSR count). The SMILES string of the molecule is CCC1CC(CC(=O)N2C[C@H](OC)C[C@H]2CO)CCO1. The second-order valence-corrected chi connectivity index (χ2v) is 5.97. The number of aliphatic hydroxyl groups excluding tert-OH is 1. The van der Waals surface area contributed by atoms with Crippen molar-refractivity contribution in [2.45, 2.75) is 57.3 Å². The van der Waals surface area contributed by atoms with Gasteiger partial charge in [0.2, 0.25) is 5.91 Å². The number of carbonyl (C=O) groups is 1. The topological polar surface area (TPSA) is 59.0 Å². The molecule has 4 atom stereocenters. The summed E-state index contributed by atoms with van der Waals surface area (Å²) in [6.07, 6.45) is 4.65. The Bertz CT molecular complexity index is 323. The molecule has 2 saturated heterocycles. The molecule has 2 aliphatic heterocycles. The molecule has 0 aromatic carbocycles. The Morgan fingerprint density at radius 2 is 2.25 bits per heavy atom. The molecule has 1 amide bonds. The van der Waals surface area contributed by atoms with E-state index in [0.717, 1.165) is 32.3 Å². The van der Waals surface area contributed by atoms with Gasteiger partial charge < -0.3 is 19.5 Å². The molecule has 2 fully saturated rings. The standard InChI is InChI=1S/C15H27NO4/c1-3-13-6-11(4-5-20-13)7-15(18)16-9-14(19-2)8-12(16)10-17/h11-14,17H,3-10H2,1-2H3/t11?,12-,13?,14+/m0/s1. The third-order valence-electron chi connectivity index (χ3n) is 4.64. The van der Waals surface area contributed by atoms with Gasteiger partial charge in [-0.25, -0.2) is 0 Å². The minimum atomic E-state index is -0.0748. The van der Waals surface area contributed by atoms with E-state index in [-0.39, 0.29) is 24.7 Å². The number of rotatable bonds is 5. The first-order valence-corrected chi connectivity index (χ1v) is 7.72. The second-order valence-electron chi connectivity index (χ2n) is 5.97. The molecular formula is C15H27NO4. The number of ether oxygens (including phenoxy) is 2. The molecule has 2 unspecified atom stereocenters. The molecule has 0 aromatic heterocycles. The van der Waals surface area contributed by atoms with Crippen LogP contribution in [0.5, 0.6) is 0 Å². The Labute approximate surface area is 121 Å². The Morgan fingerprint density at radius 1 is 1.45 bits per heavy atom. The normalized spacial score (nSPS) is 34.5. The summed E-state index contributed by atoms with van der Waals surface area (Å²) in [7, 11) is 1.66. The Morgan fingerprint density at radius 3 is 2.90 bits per heavy atom. The van der Waals surface area contributed by atoms with Crippen molar-refractivity contribution in [3.8, 4) is 0 Å². The third kappa shape index (κ3) is 3.71. The monoisotopic (exact) mass is 285 g/mol. The zero-order chi connectivity index (χ0) is 14.5. The maximum Gasteiger partial charge on any atom is 0.223 e. The van der Waals surface area contributed by atoms with Crippen LogP contribution in [-0.2, 0) is 14.3 Å². The van der Waals surface area contributed by atoms with Crippen LogP contribution in [0.1, 0.15) is 39.0 Å². The largest absolute Gasteiger partial charge is 0.394 e. The number of hydrogen-bond donors (Lipinski definition) is 1. The van der Waals surface area contributed by atoms with Gasteiger partial charge in [-0.2, -0.15) is 0 Å². The summed E-state index contributed by atoms with van der Waals surface area (Å²) < 4.78 is 11.0. The molecule has 0 saturated carbocycles. The van der Waals surface area contributed by atoms with Crippen LogP contribution in [0.2, 0.25) is 0 Å². The summed E-state index contributed by atoms with van der Waals surface area (Å²) in [4.78, 5) is 14.3. The molecule has 2 aliphatic rings. The quantitative estimate of drug-likeness (QED) is 0.824. The van der Waals surface area contributed by atoms with Gasteiger partial charge in [0.15, 0.2) is 0 Å². The molecule has 20 heavy (non-hydrogen) atoms. The van der Waals surface area contributed by atoms with Gasteiger partial charge in [-0.3, -0.25) is 4.79 Å². The van der Waals surface area contributed by atoms with Crippen LogP contribution >= 0.6 is 0 Å². The average Bonchev–Trinajstić information content (AvgIpc) is 2.91. The van der Waals surface area contributed by atoms with Crippen LogP contribution in [-0.4, -0.2) is 61.0 Å². The molecular weight excluding hydrogens is 258 g/mol. The van der Waals surface area contributed by atoms with Crippen LogP contribution in [0.15, 0.2) is 0 Å². The highest BCUT2D eigenvalue weighted by molar-refractivity contribution is 5.77. The van der Waals surface area contributed by atoms with Gasteiger partial charge in [-0.15, -0.1) is 0 Å². The van der Waals surface area contributed by atoms with E-state index in [4.69, 9.17) is 9.47 Å². The van der Waals surface area contributed by atoms with Crippen molar-refractivity contribution in [1.29, 1.82) is 0 Å². The summed E-state index contributed by atoms with van der Waals surface area (Å²) >= 11 is 0.